The third-order valence-corrected chi connectivity index (χ3v) is 5.94. The van der Waals surface area contributed by atoms with Crippen molar-refractivity contribution in [1.82, 2.24) is 15.1 Å². The molecule has 0 spiro atoms. The molecule has 0 bridgehead atoms. The summed E-state index contributed by atoms with van der Waals surface area (Å²) >= 11 is 0. The van der Waals surface area contributed by atoms with Gasteiger partial charge in [0.15, 0.2) is 5.82 Å². The lowest BCUT2D eigenvalue weighted by atomic mass is 9.98. The van der Waals surface area contributed by atoms with Gasteiger partial charge in [0, 0.05) is 36.6 Å². The molecule has 0 saturated carbocycles. The Balaban J connectivity index is 1.66. The molecule has 1 aliphatic rings. The molecule has 1 aromatic heterocycles. The number of aromatic nitrogens is 2. The third kappa shape index (κ3) is 3.75. The van der Waals surface area contributed by atoms with Gasteiger partial charge in [-0.05, 0) is 49.6 Å². The molecule has 2 heterocycles. The van der Waals surface area contributed by atoms with Gasteiger partial charge in [-0.2, -0.15) is 5.10 Å². The summed E-state index contributed by atoms with van der Waals surface area (Å²) in [4.78, 5) is 16.0. The largest absolute Gasteiger partial charge is 0.362 e. The Morgan fingerprint density at radius 2 is 1.97 bits per heavy atom. The van der Waals surface area contributed by atoms with Gasteiger partial charge in [0.2, 0.25) is 5.91 Å². The summed E-state index contributed by atoms with van der Waals surface area (Å²) in [6.45, 7) is 8.40. The number of carbonyl (C=O) groups is 1. The van der Waals surface area contributed by atoms with E-state index in [1.807, 2.05) is 7.05 Å². The summed E-state index contributed by atoms with van der Waals surface area (Å²) in [5.74, 6) is 0.907. The van der Waals surface area contributed by atoms with E-state index in [-0.39, 0.29) is 11.9 Å². The Morgan fingerprint density at radius 3 is 2.76 bits per heavy atom. The third-order valence-electron chi connectivity index (χ3n) is 5.94. The summed E-state index contributed by atoms with van der Waals surface area (Å²) in [5, 5.41) is 14.2. The predicted octanol–water partition coefficient (Wildman–Crippen LogP) is 3.70. The van der Waals surface area contributed by atoms with Crippen molar-refractivity contribution in [1.29, 1.82) is 0 Å². The van der Waals surface area contributed by atoms with Crippen LogP contribution in [0.25, 0.3) is 10.8 Å². The van der Waals surface area contributed by atoms with Crippen molar-refractivity contribution in [2.75, 3.05) is 36.9 Å². The van der Waals surface area contributed by atoms with Crippen LogP contribution in [0.15, 0.2) is 42.6 Å². The summed E-state index contributed by atoms with van der Waals surface area (Å²) in [6, 6.07) is 12.7. The first-order valence-electron chi connectivity index (χ1n) is 10.0. The van der Waals surface area contributed by atoms with E-state index in [1.54, 1.807) is 11.1 Å². The molecule has 0 unspecified atom stereocenters. The fourth-order valence-corrected chi connectivity index (χ4v) is 3.87. The molecule has 6 heteroatoms. The number of hydrogen-bond donors (Lipinski definition) is 1. The smallest absolute Gasteiger partial charge is 0.241 e. The molecule has 0 radical (unpaired) electrons. The van der Waals surface area contributed by atoms with Crippen LogP contribution in [-0.2, 0) is 4.79 Å². The van der Waals surface area contributed by atoms with Crippen LogP contribution in [0.4, 0.5) is 11.5 Å². The highest BCUT2D eigenvalue weighted by molar-refractivity contribution is 5.94. The molecule has 1 saturated heterocycles. The van der Waals surface area contributed by atoms with Gasteiger partial charge in [-0.15, -0.1) is 5.10 Å². The van der Waals surface area contributed by atoms with E-state index in [1.165, 1.54) is 16.7 Å². The number of hydrogen-bond acceptors (Lipinski definition) is 5. The molecule has 1 atom stereocenters. The minimum Gasteiger partial charge on any atom is -0.362 e. The number of aryl methyl sites for hydroxylation is 1. The Bertz CT molecular complexity index is 1060. The fourth-order valence-electron chi connectivity index (χ4n) is 3.87. The molecule has 4 rings (SSSR count). The van der Waals surface area contributed by atoms with E-state index < -0.39 is 0 Å². The molecule has 1 fully saturated rings. The summed E-state index contributed by atoms with van der Waals surface area (Å²) in [7, 11) is 1.85. The quantitative estimate of drug-likeness (QED) is 0.737. The molecule has 1 N–H and O–H groups in total. The zero-order valence-electron chi connectivity index (χ0n) is 17.4. The lowest BCUT2D eigenvalue weighted by Gasteiger charge is -2.33. The Labute approximate surface area is 171 Å². The molecule has 6 nitrogen and oxygen atoms in total. The lowest BCUT2D eigenvalue weighted by Crippen LogP contribution is -2.48. The normalized spacial score (nSPS) is 15.7. The summed E-state index contributed by atoms with van der Waals surface area (Å²) in [5.41, 5.74) is 4.86. The second kappa shape index (κ2) is 7.70. The minimum atomic E-state index is 0.101. The lowest BCUT2D eigenvalue weighted by molar-refractivity contribution is -0.129. The fraction of sp³-hybridized carbons (Fsp3) is 0.348. The topological polar surface area (TPSA) is 61.4 Å². The molecule has 1 aliphatic heterocycles. The summed E-state index contributed by atoms with van der Waals surface area (Å²) < 4.78 is 0. The highest BCUT2D eigenvalue weighted by Gasteiger charge is 2.22. The number of benzene rings is 2. The van der Waals surface area contributed by atoms with Crippen LogP contribution in [0.5, 0.6) is 0 Å². The van der Waals surface area contributed by atoms with Crippen molar-refractivity contribution in [3.8, 4) is 0 Å². The van der Waals surface area contributed by atoms with Crippen LogP contribution in [0, 0.1) is 13.8 Å². The van der Waals surface area contributed by atoms with Crippen molar-refractivity contribution in [3.05, 3.63) is 59.3 Å². The minimum absolute atomic E-state index is 0.101. The average Bonchev–Trinajstić information content (AvgIpc) is 2.72. The van der Waals surface area contributed by atoms with Crippen LogP contribution in [0.2, 0.25) is 0 Å². The predicted molar refractivity (Wildman–Crippen MR) is 117 cm³/mol. The van der Waals surface area contributed by atoms with Crippen molar-refractivity contribution in [3.63, 3.8) is 0 Å². The van der Waals surface area contributed by atoms with Gasteiger partial charge in [-0.3, -0.25) is 4.79 Å². The van der Waals surface area contributed by atoms with Gasteiger partial charge in [0.1, 0.15) is 0 Å². The Morgan fingerprint density at radius 1 is 1.14 bits per heavy atom. The van der Waals surface area contributed by atoms with Crippen LogP contribution in [0.3, 0.4) is 0 Å². The van der Waals surface area contributed by atoms with E-state index >= 15 is 0 Å². The van der Waals surface area contributed by atoms with Crippen LogP contribution in [-0.4, -0.2) is 47.7 Å². The number of piperazine rings is 1. The highest BCUT2D eigenvalue weighted by atomic mass is 16.2. The maximum absolute atomic E-state index is 12.1. The van der Waals surface area contributed by atoms with E-state index in [4.69, 9.17) is 0 Å². The van der Waals surface area contributed by atoms with Crippen molar-refractivity contribution < 1.29 is 4.79 Å². The highest BCUT2D eigenvalue weighted by Crippen LogP contribution is 2.30. The molecular formula is C23H27N5O. The zero-order valence-corrected chi connectivity index (χ0v) is 17.4. The molecule has 29 heavy (non-hydrogen) atoms. The molecule has 0 aliphatic carbocycles. The van der Waals surface area contributed by atoms with E-state index in [9.17, 15) is 4.79 Å². The van der Waals surface area contributed by atoms with Crippen molar-refractivity contribution in [2.24, 2.45) is 0 Å². The second-order valence-corrected chi connectivity index (χ2v) is 7.86. The zero-order chi connectivity index (χ0) is 20.5. The van der Waals surface area contributed by atoms with Crippen LogP contribution in [0.1, 0.15) is 29.7 Å². The summed E-state index contributed by atoms with van der Waals surface area (Å²) in [6.07, 6.45) is 1.78. The number of rotatable bonds is 4. The van der Waals surface area contributed by atoms with Crippen LogP contribution < -0.4 is 10.2 Å². The van der Waals surface area contributed by atoms with Gasteiger partial charge in [-0.1, -0.05) is 24.3 Å². The number of carbonyl (C=O) groups excluding carboxylic acids is 1. The number of nitrogens with zero attached hydrogens (tertiary/aromatic N) is 4. The maximum Gasteiger partial charge on any atom is 0.241 e. The number of anilines is 2. The molecule has 150 valence electrons. The maximum atomic E-state index is 12.1. The van der Waals surface area contributed by atoms with Gasteiger partial charge in [0.25, 0.3) is 0 Å². The van der Waals surface area contributed by atoms with Gasteiger partial charge < -0.3 is 15.1 Å². The van der Waals surface area contributed by atoms with Gasteiger partial charge >= 0.3 is 0 Å². The second-order valence-electron chi connectivity index (χ2n) is 7.86. The first kappa shape index (κ1) is 19.2. The van der Waals surface area contributed by atoms with E-state index in [0.717, 1.165) is 35.4 Å². The van der Waals surface area contributed by atoms with Gasteiger partial charge in [0.05, 0.1) is 18.8 Å². The van der Waals surface area contributed by atoms with E-state index in [0.29, 0.717) is 6.54 Å². The van der Waals surface area contributed by atoms with E-state index in [2.05, 4.69) is 77.6 Å². The number of fused-ring (bicyclic) bond motifs is 1. The molecule has 3 aromatic rings. The molecule has 1 amide bonds. The van der Waals surface area contributed by atoms with Crippen LogP contribution >= 0.6 is 0 Å². The van der Waals surface area contributed by atoms with Crippen molar-refractivity contribution in [2.45, 2.75) is 26.8 Å². The van der Waals surface area contributed by atoms with Crippen molar-refractivity contribution >= 4 is 28.2 Å². The molecular weight excluding hydrogens is 362 g/mol. The first-order chi connectivity index (χ1) is 13.9. The SMILES string of the molecule is Cc1cccc([C@@H](C)Nc2nncc3ccc(N4CCN(C)C(=O)C4)cc23)c1C. The number of likely N-dealkylation sites (N-methyl/N-ethyl adjacent to an activating group) is 1. The number of nitrogens with one attached hydrogen (secondary N) is 1. The molecule has 2 aromatic carbocycles. The van der Waals surface area contributed by atoms with Gasteiger partial charge in [-0.25, -0.2) is 0 Å². The number of amides is 1. The monoisotopic (exact) mass is 389 g/mol. The Hall–Kier alpha value is -3.15. The average molecular weight is 390 g/mol. The Kier molecular flexibility index (Phi) is 5.09. The standard InChI is InChI=1S/C23H27N5O/c1-15-6-5-7-20(16(15)2)17(3)25-23-21-12-19(9-8-18(21)13-24-26-23)28-11-10-27(4)22(29)14-28/h5-9,12-13,17H,10-11,14H2,1-4H3,(H,25,26)/t17-/m1/s1. The first-order valence-corrected chi connectivity index (χ1v) is 10.0.